The maximum absolute atomic E-state index is 14.2. The van der Waals surface area contributed by atoms with Crippen molar-refractivity contribution in [3.05, 3.63) is 75.6 Å². The zero-order valence-electron chi connectivity index (χ0n) is 12.5. The topological polar surface area (TPSA) is 102 Å². The molecule has 0 heterocycles. The van der Waals surface area contributed by atoms with Gasteiger partial charge in [-0.05, 0) is 6.07 Å². The minimum Gasteiger partial charge on any atom is -0.408 e. The first-order valence-electron chi connectivity index (χ1n) is 6.83. The zero-order valence-corrected chi connectivity index (χ0v) is 12.5. The minimum atomic E-state index is -1.38. The number of benzene rings is 2. The molecule has 0 amide bonds. The van der Waals surface area contributed by atoms with Crippen LogP contribution in [0.4, 0.5) is 10.1 Å². The Morgan fingerprint density at radius 1 is 1.21 bits per heavy atom. The van der Waals surface area contributed by atoms with Crippen LogP contribution in [0.2, 0.25) is 0 Å². The van der Waals surface area contributed by atoms with E-state index in [1.165, 1.54) is 49.4 Å². The van der Waals surface area contributed by atoms with Gasteiger partial charge in [0.15, 0.2) is 0 Å². The van der Waals surface area contributed by atoms with Crippen LogP contribution in [0.1, 0.15) is 24.0 Å². The average Bonchev–Trinajstić information content (AvgIpc) is 2.57. The fourth-order valence-electron chi connectivity index (χ4n) is 2.25. The Morgan fingerprint density at radius 2 is 1.79 bits per heavy atom. The SMILES string of the molecule is CC(=NO)OC(=O)C(c1ccccc1F)c1ccccc1[N+](=O)[O-]. The molecule has 0 saturated carbocycles. The van der Waals surface area contributed by atoms with Crippen LogP contribution < -0.4 is 0 Å². The number of carbonyl (C=O) groups excluding carboxylic acids is 1. The molecule has 7 nitrogen and oxygen atoms in total. The lowest BCUT2D eigenvalue weighted by molar-refractivity contribution is -0.385. The lowest BCUT2D eigenvalue weighted by atomic mass is 9.89. The van der Waals surface area contributed by atoms with Gasteiger partial charge in [0.25, 0.3) is 5.69 Å². The molecule has 24 heavy (non-hydrogen) atoms. The highest BCUT2D eigenvalue weighted by atomic mass is 19.1. The molecule has 0 radical (unpaired) electrons. The van der Waals surface area contributed by atoms with E-state index in [1.54, 1.807) is 0 Å². The lowest BCUT2D eigenvalue weighted by Gasteiger charge is -2.17. The molecule has 8 heteroatoms. The number of halogens is 1. The molecule has 124 valence electrons. The van der Waals surface area contributed by atoms with Crippen molar-refractivity contribution in [1.82, 2.24) is 0 Å². The lowest BCUT2D eigenvalue weighted by Crippen LogP contribution is -2.21. The molecular weight excluding hydrogens is 319 g/mol. The first kappa shape index (κ1) is 17.1. The molecule has 0 saturated heterocycles. The van der Waals surface area contributed by atoms with Crippen molar-refractivity contribution in [2.24, 2.45) is 5.16 Å². The van der Waals surface area contributed by atoms with Gasteiger partial charge in [-0.1, -0.05) is 41.6 Å². The third-order valence-corrected chi connectivity index (χ3v) is 3.29. The van der Waals surface area contributed by atoms with Gasteiger partial charge >= 0.3 is 5.97 Å². The number of esters is 1. The molecule has 0 spiro atoms. The van der Waals surface area contributed by atoms with Crippen LogP contribution in [0.5, 0.6) is 0 Å². The molecule has 2 rings (SSSR count). The summed E-state index contributed by atoms with van der Waals surface area (Å²) in [5, 5.41) is 22.6. The molecule has 1 atom stereocenters. The summed E-state index contributed by atoms with van der Waals surface area (Å²) >= 11 is 0. The van der Waals surface area contributed by atoms with Crippen molar-refractivity contribution in [3.63, 3.8) is 0 Å². The molecule has 2 aromatic rings. The maximum Gasteiger partial charge on any atom is 0.324 e. The van der Waals surface area contributed by atoms with E-state index in [4.69, 9.17) is 9.94 Å². The highest BCUT2D eigenvalue weighted by Gasteiger charge is 2.33. The summed E-state index contributed by atoms with van der Waals surface area (Å²) in [5.74, 6) is -3.45. The quantitative estimate of drug-likeness (QED) is 0.231. The van der Waals surface area contributed by atoms with E-state index in [-0.39, 0.29) is 22.7 Å². The number of nitro groups is 1. The molecule has 1 N–H and O–H groups in total. The molecule has 1 unspecified atom stereocenters. The average molecular weight is 332 g/mol. The third kappa shape index (κ3) is 3.54. The van der Waals surface area contributed by atoms with Gasteiger partial charge in [0, 0.05) is 24.1 Å². The van der Waals surface area contributed by atoms with Crippen LogP contribution in [0.25, 0.3) is 0 Å². The van der Waals surface area contributed by atoms with Crippen LogP contribution in [0.15, 0.2) is 53.7 Å². The van der Waals surface area contributed by atoms with Crippen LogP contribution in [0, 0.1) is 15.9 Å². The van der Waals surface area contributed by atoms with Gasteiger partial charge in [-0.2, -0.15) is 0 Å². The second-order valence-electron chi connectivity index (χ2n) is 4.81. The molecule has 0 aliphatic heterocycles. The predicted octanol–water partition coefficient (Wildman–Crippen LogP) is 3.22. The number of oxime groups is 1. The Kier molecular flexibility index (Phi) is 5.20. The Bertz CT molecular complexity index is 807. The molecule has 2 aromatic carbocycles. The number of rotatable bonds is 4. The van der Waals surface area contributed by atoms with Gasteiger partial charge in [0.2, 0.25) is 5.90 Å². The zero-order chi connectivity index (χ0) is 17.7. The van der Waals surface area contributed by atoms with Crippen molar-refractivity contribution in [2.75, 3.05) is 0 Å². The first-order valence-corrected chi connectivity index (χ1v) is 6.83. The van der Waals surface area contributed by atoms with Crippen molar-refractivity contribution in [3.8, 4) is 0 Å². The Labute approximate surface area is 136 Å². The molecular formula is C16H13FN2O5. The van der Waals surface area contributed by atoms with Gasteiger partial charge in [-0.25, -0.2) is 4.39 Å². The van der Waals surface area contributed by atoms with E-state index in [2.05, 4.69) is 5.16 Å². The van der Waals surface area contributed by atoms with E-state index < -0.39 is 22.6 Å². The summed E-state index contributed by atoms with van der Waals surface area (Å²) in [4.78, 5) is 23.0. The predicted molar refractivity (Wildman–Crippen MR) is 82.3 cm³/mol. The second kappa shape index (κ2) is 7.32. The number of carbonyl (C=O) groups is 1. The maximum atomic E-state index is 14.2. The minimum absolute atomic E-state index is 0.0247. The highest BCUT2D eigenvalue weighted by Crippen LogP contribution is 2.34. The summed E-state index contributed by atoms with van der Waals surface area (Å²) in [7, 11) is 0. The van der Waals surface area contributed by atoms with Crippen LogP contribution in [-0.2, 0) is 9.53 Å². The van der Waals surface area contributed by atoms with E-state index in [0.29, 0.717) is 0 Å². The molecule has 0 aliphatic carbocycles. The summed E-state index contributed by atoms with van der Waals surface area (Å²) in [6.45, 7) is 1.22. The molecule has 0 fully saturated rings. The van der Waals surface area contributed by atoms with E-state index in [0.717, 1.165) is 6.07 Å². The van der Waals surface area contributed by atoms with Gasteiger partial charge in [0.1, 0.15) is 11.7 Å². The number of ether oxygens (including phenoxy) is 1. The summed E-state index contributed by atoms with van der Waals surface area (Å²) in [6, 6.07) is 10.9. The number of hydrogen-bond donors (Lipinski definition) is 1. The molecule has 0 aromatic heterocycles. The highest BCUT2D eigenvalue weighted by molar-refractivity contribution is 5.93. The third-order valence-electron chi connectivity index (χ3n) is 3.29. The van der Waals surface area contributed by atoms with E-state index in [1.807, 2.05) is 0 Å². The Balaban J connectivity index is 2.62. The number of nitro benzene ring substituents is 1. The van der Waals surface area contributed by atoms with Crippen molar-refractivity contribution in [1.29, 1.82) is 0 Å². The smallest absolute Gasteiger partial charge is 0.324 e. The molecule has 0 aliphatic rings. The standard InChI is InChI=1S/C16H13FN2O5/c1-10(18-21)24-16(20)15(11-6-2-4-8-13(11)17)12-7-3-5-9-14(12)19(22)23/h2-9,15,21H,1H3. The fraction of sp³-hybridized carbons (Fsp3) is 0.125. The van der Waals surface area contributed by atoms with Crippen LogP contribution in [-0.4, -0.2) is 22.0 Å². The van der Waals surface area contributed by atoms with Crippen LogP contribution >= 0.6 is 0 Å². The largest absolute Gasteiger partial charge is 0.408 e. The van der Waals surface area contributed by atoms with Crippen molar-refractivity contribution >= 4 is 17.6 Å². The normalized spacial score (nSPS) is 12.5. The number of para-hydroxylation sites is 1. The number of hydrogen-bond acceptors (Lipinski definition) is 6. The Hall–Kier alpha value is -3.29. The van der Waals surface area contributed by atoms with E-state index >= 15 is 0 Å². The monoisotopic (exact) mass is 332 g/mol. The van der Waals surface area contributed by atoms with Gasteiger partial charge in [0.05, 0.1) is 4.92 Å². The van der Waals surface area contributed by atoms with Crippen molar-refractivity contribution < 1.29 is 24.1 Å². The molecule has 0 bridgehead atoms. The van der Waals surface area contributed by atoms with E-state index in [9.17, 15) is 19.3 Å². The first-order chi connectivity index (χ1) is 11.5. The van der Waals surface area contributed by atoms with Gasteiger partial charge < -0.3 is 9.94 Å². The summed E-state index contributed by atoms with van der Waals surface area (Å²) in [5.41, 5.74) is -0.452. The fourth-order valence-corrected chi connectivity index (χ4v) is 2.25. The van der Waals surface area contributed by atoms with Crippen molar-refractivity contribution in [2.45, 2.75) is 12.8 Å². The summed E-state index contributed by atoms with van der Waals surface area (Å²) < 4.78 is 19.0. The summed E-state index contributed by atoms with van der Waals surface area (Å²) in [6.07, 6.45) is 0. The van der Waals surface area contributed by atoms with Crippen LogP contribution in [0.3, 0.4) is 0 Å². The number of nitrogens with zero attached hydrogens (tertiary/aromatic N) is 2. The Morgan fingerprint density at radius 3 is 2.38 bits per heavy atom. The van der Waals surface area contributed by atoms with Gasteiger partial charge in [-0.15, -0.1) is 0 Å². The van der Waals surface area contributed by atoms with Gasteiger partial charge in [-0.3, -0.25) is 14.9 Å². The second-order valence-corrected chi connectivity index (χ2v) is 4.81.